The Kier molecular flexibility index (Phi) is 10.0. The number of hydrogen-bond donors (Lipinski definition) is 1. The standard InChI is InChI=1S/C25H33Cl2N3O4S/c1-18(24(32)28-25(2,3)4)29(17-20-21(26)13-9-14-22(20)27)23(31)15-10-16-30(35(5,33)34)19-11-7-6-8-12-19/h6-9,11-14,18H,10,15-17H2,1-5H3,(H,28,32)/t18-/m1/s1. The van der Waals surface area contributed by atoms with Gasteiger partial charge in [-0.05, 0) is 58.4 Å². The summed E-state index contributed by atoms with van der Waals surface area (Å²) in [7, 11) is -3.54. The second-order valence-electron chi connectivity index (χ2n) is 9.41. The molecule has 0 radical (unpaired) electrons. The minimum atomic E-state index is -3.54. The zero-order chi connectivity index (χ0) is 26.4. The summed E-state index contributed by atoms with van der Waals surface area (Å²) >= 11 is 12.7. The smallest absolute Gasteiger partial charge is 0.242 e. The van der Waals surface area contributed by atoms with Gasteiger partial charge in [0.05, 0.1) is 11.9 Å². The van der Waals surface area contributed by atoms with E-state index < -0.39 is 21.6 Å². The summed E-state index contributed by atoms with van der Waals surface area (Å²) in [5.41, 5.74) is 0.593. The van der Waals surface area contributed by atoms with Gasteiger partial charge < -0.3 is 10.2 Å². The van der Waals surface area contributed by atoms with E-state index in [0.29, 0.717) is 21.3 Å². The molecule has 0 aliphatic carbocycles. The van der Waals surface area contributed by atoms with E-state index in [-0.39, 0.29) is 37.7 Å². The van der Waals surface area contributed by atoms with Crippen molar-refractivity contribution in [1.29, 1.82) is 0 Å². The molecule has 0 aromatic heterocycles. The van der Waals surface area contributed by atoms with E-state index in [2.05, 4.69) is 5.32 Å². The van der Waals surface area contributed by atoms with Crippen LogP contribution in [-0.4, -0.2) is 49.5 Å². The van der Waals surface area contributed by atoms with Crippen molar-refractivity contribution in [3.8, 4) is 0 Å². The Labute approximate surface area is 218 Å². The molecule has 0 heterocycles. The molecular weight excluding hydrogens is 509 g/mol. The Hall–Kier alpha value is -2.29. The number of nitrogens with one attached hydrogen (secondary N) is 1. The van der Waals surface area contributed by atoms with Crippen LogP contribution in [0.25, 0.3) is 0 Å². The van der Waals surface area contributed by atoms with Crippen LogP contribution in [0.2, 0.25) is 10.0 Å². The lowest BCUT2D eigenvalue weighted by Crippen LogP contribution is -2.52. The quantitative estimate of drug-likeness (QED) is 0.464. The van der Waals surface area contributed by atoms with Gasteiger partial charge in [0.15, 0.2) is 0 Å². The van der Waals surface area contributed by atoms with Crippen molar-refractivity contribution in [3.63, 3.8) is 0 Å². The monoisotopic (exact) mass is 541 g/mol. The lowest BCUT2D eigenvalue weighted by atomic mass is 10.1. The van der Waals surface area contributed by atoms with Crippen molar-refractivity contribution in [2.24, 2.45) is 0 Å². The summed E-state index contributed by atoms with van der Waals surface area (Å²) in [6.45, 7) is 7.40. The van der Waals surface area contributed by atoms with Gasteiger partial charge in [-0.25, -0.2) is 8.42 Å². The van der Waals surface area contributed by atoms with Gasteiger partial charge in [0.2, 0.25) is 21.8 Å². The molecule has 2 aromatic carbocycles. The molecule has 0 saturated carbocycles. The maximum atomic E-state index is 13.3. The summed E-state index contributed by atoms with van der Waals surface area (Å²) in [4.78, 5) is 27.7. The van der Waals surface area contributed by atoms with Crippen molar-refractivity contribution < 1.29 is 18.0 Å². The molecule has 0 spiro atoms. The van der Waals surface area contributed by atoms with Crippen LogP contribution in [0.3, 0.4) is 0 Å². The zero-order valence-electron chi connectivity index (χ0n) is 20.7. The number of halogens is 2. The maximum Gasteiger partial charge on any atom is 0.242 e. The molecule has 0 saturated heterocycles. The highest BCUT2D eigenvalue weighted by atomic mass is 35.5. The molecule has 35 heavy (non-hydrogen) atoms. The normalized spacial score (nSPS) is 12.7. The van der Waals surface area contributed by atoms with Crippen LogP contribution < -0.4 is 9.62 Å². The predicted octanol–water partition coefficient (Wildman–Crippen LogP) is 4.87. The molecule has 10 heteroatoms. The van der Waals surface area contributed by atoms with Gasteiger partial charge in [-0.1, -0.05) is 47.5 Å². The van der Waals surface area contributed by atoms with Crippen molar-refractivity contribution in [1.82, 2.24) is 10.2 Å². The first-order valence-electron chi connectivity index (χ1n) is 11.3. The fourth-order valence-electron chi connectivity index (χ4n) is 3.51. The van der Waals surface area contributed by atoms with Crippen LogP contribution in [0.5, 0.6) is 0 Å². The first-order chi connectivity index (χ1) is 16.2. The molecule has 0 unspecified atom stereocenters. The summed E-state index contributed by atoms with van der Waals surface area (Å²) in [5, 5.41) is 3.69. The van der Waals surface area contributed by atoms with Crippen LogP contribution in [0, 0.1) is 0 Å². The van der Waals surface area contributed by atoms with Crippen LogP contribution in [0.1, 0.15) is 46.1 Å². The zero-order valence-corrected chi connectivity index (χ0v) is 23.0. The molecule has 0 aliphatic rings. The van der Waals surface area contributed by atoms with Gasteiger partial charge in [-0.15, -0.1) is 0 Å². The van der Waals surface area contributed by atoms with E-state index >= 15 is 0 Å². The van der Waals surface area contributed by atoms with E-state index in [9.17, 15) is 18.0 Å². The summed E-state index contributed by atoms with van der Waals surface area (Å²) in [6.07, 6.45) is 1.43. The van der Waals surface area contributed by atoms with Crippen molar-refractivity contribution >= 4 is 50.7 Å². The highest BCUT2D eigenvalue weighted by molar-refractivity contribution is 7.92. The molecule has 192 valence electrons. The SMILES string of the molecule is C[C@H](C(=O)NC(C)(C)C)N(Cc1c(Cl)cccc1Cl)C(=O)CCCN(c1ccccc1)S(C)(=O)=O. The predicted molar refractivity (Wildman–Crippen MR) is 142 cm³/mol. The lowest BCUT2D eigenvalue weighted by Gasteiger charge is -2.32. The first kappa shape index (κ1) is 28.9. The molecule has 1 N–H and O–H groups in total. The van der Waals surface area contributed by atoms with Gasteiger partial charge in [0, 0.05) is 40.7 Å². The number of carbonyl (C=O) groups excluding carboxylic acids is 2. The third-order valence-corrected chi connectivity index (χ3v) is 7.15. The topological polar surface area (TPSA) is 86.8 Å². The number of para-hydroxylation sites is 1. The van der Waals surface area contributed by atoms with Gasteiger partial charge in [0.25, 0.3) is 0 Å². The average Bonchev–Trinajstić information content (AvgIpc) is 2.74. The van der Waals surface area contributed by atoms with Crippen LogP contribution in [0.15, 0.2) is 48.5 Å². The molecule has 0 aliphatic heterocycles. The Morgan fingerprint density at radius 2 is 1.57 bits per heavy atom. The number of nitrogens with zero attached hydrogens (tertiary/aromatic N) is 2. The highest BCUT2D eigenvalue weighted by Gasteiger charge is 2.29. The van der Waals surface area contributed by atoms with Crippen LogP contribution in [-0.2, 0) is 26.2 Å². The second kappa shape index (κ2) is 12.1. The molecule has 2 rings (SSSR count). The van der Waals surface area contributed by atoms with Crippen molar-refractivity contribution in [3.05, 3.63) is 64.1 Å². The Balaban J connectivity index is 2.23. The minimum absolute atomic E-state index is 0.0358. The van der Waals surface area contributed by atoms with Crippen LogP contribution >= 0.6 is 23.2 Å². The second-order valence-corrected chi connectivity index (χ2v) is 12.1. The van der Waals surface area contributed by atoms with Gasteiger partial charge >= 0.3 is 0 Å². The fourth-order valence-corrected chi connectivity index (χ4v) is 4.99. The Bertz CT molecular complexity index is 1110. The van der Waals surface area contributed by atoms with Crippen molar-refractivity contribution in [2.45, 2.75) is 58.7 Å². The molecule has 0 fully saturated rings. The summed E-state index contributed by atoms with van der Waals surface area (Å²) in [6, 6.07) is 13.0. The number of hydrogen-bond acceptors (Lipinski definition) is 4. The molecule has 2 amide bonds. The third kappa shape index (κ3) is 8.70. The Morgan fingerprint density at radius 1 is 1.00 bits per heavy atom. The van der Waals surface area contributed by atoms with E-state index in [4.69, 9.17) is 23.2 Å². The number of sulfonamides is 1. The number of rotatable bonds is 10. The summed E-state index contributed by atoms with van der Waals surface area (Å²) in [5.74, 6) is -0.616. The van der Waals surface area contributed by atoms with E-state index in [0.717, 1.165) is 6.26 Å². The van der Waals surface area contributed by atoms with Crippen molar-refractivity contribution in [2.75, 3.05) is 17.1 Å². The fraction of sp³-hybridized carbons (Fsp3) is 0.440. The molecule has 1 atom stereocenters. The van der Waals surface area contributed by atoms with Crippen LogP contribution in [0.4, 0.5) is 5.69 Å². The number of amides is 2. The van der Waals surface area contributed by atoms with Gasteiger partial charge in [0.1, 0.15) is 6.04 Å². The number of carbonyl (C=O) groups is 2. The first-order valence-corrected chi connectivity index (χ1v) is 13.9. The maximum absolute atomic E-state index is 13.3. The number of benzene rings is 2. The molecule has 7 nitrogen and oxygen atoms in total. The Morgan fingerprint density at radius 3 is 2.09 bits per heavy atom. The largest absolute Gasteiger partial charge is 0.350 e. The minimum Gasteiger partial charge on any atom is -0.350 e. The van der Waals surface area contributed by atoms with E-state index in [1.807, 2.05) is 20.8 Å². The average molecular weight is 543 g/mol. The lowest BCUT2D eigenvalue weighted by molar-refractivity contribution is -0.141. The van der Waals surface area contributed by atoms with Gasteiger partial charge in [-0.2, -0.15) is 0 Å². The molecular formula is C25H33Cl2N3O4S. The summed E-state index contributed by atoms with van der Waals surface area (Å²) < 4.78 is 25.9. The third-order valence-electron chi connectivity index (χ3n) is 5.25. The van der Waals surface area contributed by atoms with Gasteiger partial charge in [-0.3, -0.25) is 13.9 Å². The molecule has 0 bridgehead atoms. The number of anilines is 1. The van der Waals surface area contributed by atoms with E-state index in [1.54, 1.807) is 55.5 Å². The highest BCUT2D eigenvalue weighted by Crippen LogP contribution is 2.27. The van der Waals surface area contributed by atoms with E-state index in [1.165, 1.54) is 9.21 Å². The molecule has 2 aromatic rings.